The highest BCUT2D eigenvalue weighted by Gasteiger charge is 2.28. The second-order valence-corrected chi connectivity index (χ2v) is 6.41. The van der Waals surface area contributed by atoms with Crippen molar-refractivity contribution in [3.8, 4) is 0 Å². The van der Waals surface area contributed by atoms with Gasteiger partial charge in [0.1, 0.15) is 5.82 Å². The summed E-state index contributed by atoms with van der Waals surface area (Å²) in [6.45, 7) is 1.15. The summed E-state index contributed by atoms with van der Waals surface area (Å²) in [5, 5.41) is 0. The number of aryl methyl sites for hydroxylation is 1. The van der Waals surface area contributed by atoms with E-state index in [4.69, 9.17) is 0 Å². The normalized spacial score (nSPS) is 17.3. The molecule has 0 radical (unpaired) electrons. The van der Waals surface area contributed by atoms with Crippen molar-refractivity contribution in [3.63, 3.8) is 0 Å². The molecule has 0 aliphatic carbocycles. The first-order valence-electron chi connectivity index (χ1n) is 8.60. The SMILES string of the molecule is O=C(c1ccc(F)cc1)[C@@H]1CCCN(C(=O)CCc2ccncc2)C1. The number of hydrogen-bond acceptors (Lipinski definition) is 3. The van der Waals surface area contributed by atoms with E-state index in [0.717, 1.165) is 18.4 Å². The molecule has 0 bridgehead atoms. The van der Waals surface area contributed by atoms with Gasteiger partial charge in [-0.05, 0) is 61.2 Å². The highest BCUT2D eigenvalue weighted by atomic mass is 19.1. The number of halogens is 1. The zero-order valence-corrected chi connectivity index (χ0v) is 14.0. The van der Waals surface area contributed by atoms with E-state index in [1.165, 1.54) is 24.3 Å². The second-order valence-electron chi connectivity index (χ2n) is 6.41. The molecule has 0 unspecified atom stereocenters. The molecule has 0 spiro atoms. The van der Waals surface area contributed by atoms with Gasteiger partial charge in [0, 0.05) is 43.4 Å². The van der Waals surface area contributed by atoms with Gasteiger partial charge in [-0.2, -0.15) is 0 Å². The number of likely N-dealkylation sites (tertiary alicyclic amines) is 1. The predicted molar refractivity (Wildman–Crippen MR) is 92.6 cm³/mol. The number of pyridine rings is 1. The number of carbonyl (C=O) groups excluding carboxylic acids is 2. The predicted octanol–water partition coefficient (Wildman–Crippen LogP) is 3.27. The summed E-state index contributed by atoms with van der Waals surface area (Å²) in [4.78, 5) is 30.8. The number of ketones is 1. The van der Waals surface area contributed by atoms with E-state index in [9.17, 15) is 14.0 Å². The fraction of sp³-hybridized carbons (Fsp3) is 0.350. The van der Waals surface area contributed by atoms with Crippen LogP contribution < -0.4 is 0 Å². The second kappa shape index (κ2) is 8.01. The Kier molecular flexibility index (Phi) is 5.53. The number of carbonyl (C=O) groups is 2. The lowest BCUT2D eigenvalue weighted by Crippen LogP contribution is -2.42. The standard InChI is InChI=1S/C20H21FN2O2/c21-18-6-4-16(5-7-18)20(25)17-2-1-13-23(14-17)19(24)8-3-15-9-11-22-12-10-15/h4-7,9-12,17H,1-3,8,13-14H2/t17-/m1/s1. The quantitative estimate of drug-likeness (QED) is 0.785. The molecule has 1 aliphatic heterocycles. The number of amides is 1. The smallest absolute Gasteiger partial charge is 0.222 e. The minimum atomic E-state index is -0.354. The highest BCUT2D eigenvalue weighted by molar-refractivity contribution is 5.98. The maximum absolute atomic E-state index is 13.0. The molecule has 0 N–H and O–H groups in total. The molecule has 2 heterocycles. The van der Waals surface area contributed by atoms with Crippen LogP contribution in [0, 0.1) is 11.7 Å². The number of Topliss-reactive ketones (excluding diaryl/α,β-unsaturated/α-hetero) is 1. The first-order valence-corrected chi connectivity index (χ1v) is 8.60. The van der Waals surface area contributed by atoms with E-state index in [-0.39, 0.29) is 23.4 Å². The van der Waals surface area contributed by atoms with Gasteiger partial charge in [-0.25, -0.2) is 4.39 Å². The molecule has 3 rings (SSSR count). The van der Waals surface area contributed by atoms with Crippen molar-refractivity contribution in [1.29, 1.82) is 0 Å². The van der Waals surface area contributed by atoms with Gasteiger partial charge in [0.15, 0.2) is 5.78 Å². The summed E-state index contributed by atoms with van der Waals surface area (Å²) in [5.41, 5.74) is 1.59. The average Bonchev–Trinajstić information content (AvgIpc) is 2.67. The van der Waals surface area contributed by atoms with E-state index in [1.54, 1.807) is 17.3 Å². The summed E-state index contributed by atoms with van der Waals surface area (Å²) in [5.74, 6) is -0.489. The van der Waals surface area contributed by atoms with Crippen molar-refractivity contribution in [2.75, 3.05) is 13.1 Å². The monoisotopic (exact) mass is 340 g/mol. The molecule has 5 heteroatoms. The van der Waals surface area contributed by atoms with Gasteiger partial charge in [0.05, 0.1) is 0 Å². The van der Waals surface area contributed by atoms with Crippen LogP contribution >= 0.6 is 0 Å². The fourth-order valence-corrected chi connectivity index (χ4v) is 3.23. The van der Waals surface area contributed by atoms with Crippen LogP contribution in [0.3, 0.4) is 0 Å². The van der Waals surface area contributed by atoms with Gasteiger partial charge in [-0.15, -0.1) is 0 Å². The summed E-state index contributed by atoms with van der Waals surface area (Å²) >= 11 is 0. The van der Waals surface area contributed by atoms with Gasteiger partial charge in [0.25, 0.3) is 0 Å². The van der Waals surface area contributed by atoms with Crippen molar-refractivity contribution in [1.82, 2.24) is 9.88 Å². The van der Waals surface area contributed by atoms with Gasteiger partial charge in [0.2, 0.25) is 5.91 Å². The number of nitrogens with zero attached hydrogens (tertiary/aromatic N) is 2. The van der Waals surface area contributed by atoms with Crippen LogP contribution in [0.15, 0.2) is 48.8 Å². The maximum Gasteiger partial charge on any atom is 0.222 e. The van der Waals surface area contributed by atoms with Gasteiger partial charge in [-0.3, -0.25) is 14.6 Å². The van der Waals surface area contributed by atoms with Crippen molar-refractivity contribution >= 4 is 11.7 Å². The Balaban J connectivity index is 1.57. The van der Waals surface area contributed by atoms with E-state index in [2.05, 4.69) is 4.98 Å². The topological polar surface area (TPSA) is 50.3 Å². The molecule has 2 aromatic rings. The lowest BCUT2D eigenvalue weighted by atomic mass is 9.89. The van der Waals surface area contributed by atoms with Crippen LogP contribution in [0.25, 0.3) is 0 Å². The highest BCUT2D eigenvalue weighted by Crippen LogP contribution is 2.22. The summed E-state index contributed by atoms with van der Waals surface area (Å²) in [6.07, 6.45) is 6.13. The van der Waals surface area contributed by atoms with Crippen LogP contribution in [0.2, 0.25) is 0 Å². The van der Waals surface area contributed by atoms with E-state index >= 15 is 0 Å². The number of rotatable bonds is 5. The Morgan fingerprint density at radius 2 is 1.84 bits per heavy atom. The zero-order valence-electron chi connectivity index (χ0n) is 14.0. The Labute approximate surface area is 146 Å². The molecule has 130 valence electrons. The lowest BCUT2D eigenvalue weighted by molar-refractivity contribution is -0.132. The molecule has 1 saturated heterocycles. The van der Waals surface area contributed by atoms with Crippen LogP contribution in [-0.4, -0.2) is 34.7 Å². The van der Waals surface area contributed by atoms with Crippen LogP contribution in [0.5, 0.6) is 0 Å². The third-order valence-corrected chi connectivity index (χ3v) is 4.65. The summed E-state index contributed by atoms with van der Waals surface area (Å²) in [7, 11) is 0. The largest absolute Gasteiger partial charge is 0.342 e. The van der Waals surface area contributed by atoms with Crippen molar-refractivity contribution in [3.05, 3.63) is 65.7 Å². The summed E-state index contributed by atoms with van der Waals surface area (Å²) < 4.78 is 13.0. The molecule has 1 aliphatic rings. The van der Waals surface area contributed by atoms with Crippen LogP contribution in [0.1, 0.15) is 35.2 Å². The lowest BCUT2D eigenvalue weighted by Gasteiger charge is -2.32. The molecule has 1 amide bonds. The molecule has 1 aromatic carbocycles. The third-order valence-electron chi connectivity index (χ3n) is 4.65. The number of piperidine rings is 1. The van der Waals surface area contributed by atoms with E-state index in [1.807, 2.05) is 12.1 Å². The van der Waals surface area contributed by atoms with Crippen molar-refractivity contribution in [2.45, 2.75) is 25.7 Å². The Hall–Kier alpha value is -2.56. The van der Waals surface area contributed by atoms with Gasteiger partial charge < -0.3 is 4.90 Å². The molecule has 25 heavy (non-hydrogen) atoms. The van der Waals surface area contributed by atoms with Gasteiger partial charge >= 0.3 is 0 Å². The number of aromatic nitrogens is 1. The van der Waals surface area contributed by atoms with Crippen LogP contribution in [0.4, 0.5) is 4.39 Å². The van der Waals surface area contributed by atoms with Crippen molar-refractivity contribution < 1.29 is 14.0 Å². The molecule has 1 fully saturated rings. The Morgan fingerprint density at radius 1 is 1.12 bits per heavy atom. The maximum atomic E-state index is 13.0. The molecule has 0 saturated carbocycles. The first kappa shape index (κ1) is 17.3. The number of benzene rings is 1. The van der Waals surface area contributed by atoms with E-state index in [0.29, 0.717) is 31.5 Å². The molecule has 4 nitrogen and oxygen atoms in total. The fourth-order valence-electron chi connectivity index (χ4n) is 3.23. The Morgan fingerprint density at radius 3 is 2.56 bits per heavy atom. The van der Waals surface area contributed by atoms with Crippen LogP contribution in [-0.2, 0) is 11.2 Å². The summed E-state index contributed by atoms with van der Waals surface area (Å²) in [6, 6.07) is 9.44. The van der Waals surface area contributed by atoms with Gasteiger partial charge in [-0.1, -0.05) is 0 Å². The molecule has 1 atom stereocenters. The number of hydrogen-bond donors (Lipinski definition) is 0. The van der Waals surface area contributed by atoms with E-state index < -0.39 is 0 Å². The minimum absolute atomic E-state index is 0.00775. The third kappa shape index (κ3) is 4.50. The molecular formula is C20H21FN2O2. The Bertz CT molecular complexity index is 731. The average molecular weight is 340 g/mol. The zero-order chi connectivity index (χ0) is 17.6. The molecular weight excluding hydrogens is 319 g/mol. The minimum Gasteiger partial charge on any atom is -0.342 e. The molecule has 1 aromatic heterocycles. The van der Waals surface area contributed by atoms with Crippen molar-refractivity contribution in [2.24, 2.45) is 5.92 Å². The first-order chi connectivity index (χ1) is 12.1.